The SMILES string of the molecule is CCCCCCCCCCCCC=NN. The van der Waals surface area contributed by atoms with Gasteiger partial charge in [-0.3, -0.25) is 0 Å². The molecule has 2 N–H and O–H groups in total. The molecule has 2 nitrogen and oxygen atoms in total. The average Bonchev–Trinajstić information content (AvgIpc) is 2.26. The molecule has 90 valence electrons. The Balaban J connectivity index is 2.86. The molecule has 0 atom stereocenters. The van der Waals surface area contributed by atoms with E-state index in [0.29, 0.717) is 0 Å². The fourth-order valence-corrected chi connectivity index (χ4v) is 1.80. The minimum absolute atomic E-state index is 1.05. The van der Waals surface area contributed by atoms with Gasteiger partial charge in [0.15, 0.2) is 0 Å². The molecule has 0 aromatic rings. The van der Waals surface area contributed by atoms with Gasteiger partial charge in [0.1, 0.15) is 0 Å². The van der Waals surface area contributed by atoms with Crippen LogP contribution in [0.3, 0.4) is 0 Å². The van der Waals surface area contributed by atoms with E-state index in [4.69, 9.17) is 5.84 Å². The summed E-state index contributed by atoms with van der Waals surface area (Å²) in [7, 11) is 0. The number of nitrogens with zero attached hydrogens (tertiary/aromatic N) is 1. The van der Waals surface area contributed by atoms with Gasteiger partial charge in [-0.25, -0.2) is 0 Å². The predicted octanol–water partition coefficient (Wildman–Crippen LogP) is 4.24. The standard InChI is InChI=1S/C13H28N2/c1-2-3-4-5-6-7-8-9-10-11-12-13-15-14/h13H,2-12,14H2,1H3. The van der Waals surface area contributed by atoms with Crippen LogP contribution in [0.2, 0.25) is 0 Å². The molecule has 0 aliphatic heterocycles. The van der Waals surface area contributed by atoms with Gasteiger partial charge in [-0.05, 0) is 12.8 Å². The molecule has 0 amide bonds. The summed E-state index contributed by atoms with van der Waals surface area (Å²) in [6.07, 6.45) is 16.7. The molecule has 0 unspecified atom stereocenters. The minimum atomic E-state index is 1.05. The first kappa shape index (κ1) is 14.5. The molecule has 0 radical (unpaired) electrons. The molecule has 0 bridgehead atoms. The second-order valence-electron chi connectivity index (χ2n) is 4.30. The molecular formula is C13H28N2. The Morgan fingerprint density at radius 1 is 0.800 bits per heavy atom. The van der Waals surface area contributed by atoms with Crippen molar-refractivity contribution in [2.75, 3.05) is 0 Å². The fraction of sp³-hybridized carbons (Fsp3) is 0.923. The lowest BCUT2D eigenvalue weighted by atomic mass is 10.1. The second kappa shape index (κ2) is 13.5. The van der Waals surface area contributed by atoms with Crippen molar-refractivity contribution in [3.63, 3.8) is 0 Å². The number of rotatable bonds is 11. The van der Waals surface area contributed by atoms with E-state index in [1.807, 2.05) is 6.21 Å². The highest BCUT2D eigenvalue weighted by Crippen LogP contribution is 2.10. The monoisotopic (exact) mass is 212 g/mol. The zero-order chi connectivity index (χ0) is 11.2. The lowest BCUT2D eigenvalue weighted by Crippen LogP contribution is -1.85. The molecule has 0 spiro atoms. The number of unbranched alkanes of at least 4 members (excludes halogenated alkanes) is 10. The van der Waals surface area contributed by atoms with E-state index < -0.39 is 0 Å². The van der Waals surface area contributed by atoms with E-state index in [0.717, 1.165) is 6.42 Å². The number of nitrogens with two attached hydrogens (primary N) is 1. The second-order valence-corrected chi connectivity index (χ2v) is 4.30. The van der Waals surface area contributed by atoms with Crippen LogP contribution in [0.1, 0.15) is 77.6 Å². The quantitative estimate of drug-likeness (QED) is 0.236. The normalized spacial score (nSPS) is 11.3. The van der Waals surface area contributed by atoms with Crippen LogP contribution in [0.5, 0.6) is 0 Å². The molecule has 0 aliphatic rings. The molecule has 0 rings (SSSR count). The van der Waals surface area contributed by atoms with Crippen molar-refractivity contribution in [2.45, 2.75) is 77.6 Å². The summed E-state index contributed by atoms with van der Waals surface area (Å²) in [5.74, 6) is 5.02. The molecule has 0 aromatic heterocycles. The molecule has 15 heavy (non-hydrogen) atoms. The van der Waals surface area contributed by atoms with E-state index in [1.165, 1.54) is 64.2 Å². The van der Waals surface area contributed by atoms with Crippen LogP contribution in [0, 0.1) is 0 Å². The Labute approximate surface area is 95.3 Å². The van der Waals surface area contributed by atoms with Crippen LogP contribution in [0.4, 0.5) is 0 Å². The third-order valence-corrected chi connectivity index (χ3v) is 2.79. The average molecular weight is 212 g/mol. The van der Waals surface area contributed by atoms with E-state index in [9.17, 15) is 0 Å². The number of hydrazone groups is 1. The van der Waals surface area contributed by atoms with Crippen LogP contribution in [-0.2, 0) is 0 Å². The molecule has 0 saturated carbocycles. The third kappa shape index (κ3) is 13.5. The fourth-order valence-electron chi connectivity index (χ4n) is 1.80. The molecule has 0 saturated heterocycles. The largest absolute Gasteiger partial charge is 0.324 e. The Kier molecular flexibility index (Phi) is 13.0. The first-order valence-electron chi connectivity index (χ1n) is 6.63. The summed E-state index contributed by atoms with van der Waals surface area (Å²) in [6.45, 7) is 2.27. The van der Waals surface area contributed by atoms with Crippen molar-refractivity contribution in [1.82, 2.24) is 0 Å². The van der Waals surface area contributed by atoms with E-state index in [-0.39, 0.29) is 0 Å². The van der Waals surface area contributed by atoms with Crippen LogP contribution in [0.15, 0.2) is 5.10 Å². The summed E-state index contributed by atoms with van der Waals surface area (Å²) in [6, 6.07) is 0. The maximum atomic E-state index is 5.02. The predicted molar refractivity (Wildman–Crippen MR) is 69.1 cm³/mol. The summed E-state index contributed by atoms with van der Waals surface area (Å²) < 4.78 is 0. The molecule has 0 heterocycles. The Morgan fingerprint density at radius 2 is 1.27 bits per heavy atom. The molecule has 2 heteroatoms. The number of hydrogen-bond donors (Lipinski definition) is 1. The van der Waals surface area contributed by atoms with Crippen LogP contribution >= 0.6 is 0 Å². The third-order valence-electron chi connectivity index (χ3n) is 2.79. The summed E-state index contributed by atoms with van der Waals surface area (Å²) in [5, 5.41) is 3.49. The minimum Gasteiger partial charge on any atom is -0.324 e. The van der Waals surface area contributed by atoms with Gasteiger partial charge in [-0.15, -0.1) is 0 Å². The zero-order valence-corrected chi connectivity index (χ0v) is 10.4. The number of hydrogen-bond acceptors (Lipinski definition) is 2. The van der Waals surface area contributed by atoms with Gasteiger partial charge < -0.3 is 5.84 Å². The highest BCUT2D eigenvalue weighted by molar-refractivity contribution is 5.56. The summed E-state index contributed by atoms with van der Waals surface area (Å²) >= 11 is 0. The first-order valence-corrected chi connectivity index (χ1v) is 6.63. The lowest BCUT2D eigenvalue weighted by molar-refractivity contribution is 0.559. The molecule has 0 fully saturated rings. The van der Waals surface area contributed by atoms with Gasteiger partial charge in [0.05, 0.1) is 0 Å². The first-order chi connectivity index (χ1) is 7.41. The van der Waals surface area contributed by atoms with Gasteiger partial charge in [-0.1, -0.05) is 64.7 Å². The Bertz CT molecular complexity index is 132. The Morgan fingerprint density at radius 3 is 1.73 bits per heavy atom. The maximum Gasteiger partial charge on any atom is 0.0240 e. The van der Waals surface area contributed by atoms with Crippen molar-refractivity contribution in [3.05, 3.63) is 0 Å². The van der Waals surface area contributed by atoms with Gasteiger partial charge in [0.2, 0.25) is 0 Å². The maximum absolute atomic E-state index is 5.02. The van der Waals surface area contributed by atoms with Crippen molar-refractivity contribution in [3.8, 4) is 0 Å². The van der Waals surface area contributed by atoms with Crippen molar-refractivity contribution < 1.29 is 0 Å². The van der Waals surface area contributed by atoms with Crippen molar-refractivity contribution >= 4 is 6.21 Å². The van der Waals surface area contributed by atoms with E-state index in [2.05, 4.69) is 12.0 Å². The van der Waals surface area contributed by atoms with Gasteiger partial charge in [-0.2, -0.15) is 5.10 Å². The van der Waals surface area contributed by atoms with Crippen molar-refractivity contribution in [2.24, 2.45) is 10.9 Å². The van der Waals surface area contributed by atoms with Gasteiger partial charge in [0.25, 0.3) is 0 Å². The zero-order valence-electron chi connectivity index (χ0n) is 10.4. The van der Waals surface area contributed by atoms with Gasteiger partial charge >= 0.3 is 0 Å². The lowest BCUT2D eigenvalue weighted by Gasteiger charge is -2.00. The summed E-state index contributed by atoms with van der Waals surface area (Å²) in [4.78, 5) is 0. The highest BCUT2D eigenvalue weighted by Gasteiger charge is 1.91. The molecule has 0 aliphatic carbocycles. The van der Waals surface area contributed by atoms with Crippen LogP contribution in [-0.4, -0.2) is 6.21 Å². The molecule has 0 aromatic carbocycles. The smallest absolute Gasteiger partial charge is 0.0240 e. The van der Waals surface area contributed by atoms with E-state index in [1.54, 1.807) is 0 Å². The van der Waals surface area contributed by atoms with E-state index >= 15 is 0 Å². The topological polar surface area (TPSA) is 38.4 Å². The van der Waals surface area contributed by atoms with Crippen LogP contribution in [0.25, 0.3) is 0 Å². The highest BCUT2D eigenvalue weighted by atomic mass is 15.1. The summed E-state index contributed by atoms with van der Waals surface area (Å²) in [5.41, 5.74) is 0. The van der Waals surface area contributed by atoms with Crippen LogP contribution < -0.4 is 5.84 Å². The Hall–Kier alpha value is -0.530. The molecular weight excluding hydrogens is 184 g/mol. The van der Waals surface area contributed by atoms with Gasteiger partial charge in [0, 0.05) is 6.21 Å². The van der Waals surface area contributed by atoms with Crippen molar-refractivity contribution in [1.29, 1.82) is 0 Å².